The number of pyridine rings is 1. The second-order valence-corrected chi connectivity index (χ2v) is 18.0. The molecule has 5 fully saturated rings. The van der Waals surface area contributed by atoms with Crippen molar-refractivity contribution in [3.05, 3.63) is 76.6 Å². The van der Waals surface area contributed by atoms with Gasteiger partial charge in [-0.3, -0.25) is 34.2 Å². The lowest BCUT2D eigenvalue weighted by molar-refractivity contribution is -0.136. The summed E-state index contributed by atoms with van der Waals surface area (Å²) >= 11 is 0. The molecule has 6 aliphatic rings. The van der Waals surface area contributed by atoms with Crippen molar-refractivity contribution in [1.82, 2.24) is 29.9 Å². The average Bonchev–Trinajstić information content (AvgIpc) is 3.94. The van der Waals surface area contributed by atoms with Crippen molar-refractivity contribution in [3.63, 3.8) is 0 Å². The minimum absolute atomic E-state index is 0.0180. The molecule has 1 aromatic heterocycles. The minimum Gasteiger partial charge on any atom is -0.371 e. The molecule has 3 unspecified atom stereocenters. The quantitative estimate of drug-likeness (QED) is 0.253. The molecule has 326 valence electrons. The highest BCUT2D eigenvalue weighted by atomic mass is 19.1. The molecule has 3 atom stereocenters. The zero-order chi connectivity index (χ0) is 43.4. The number of piperidine rings is 3. The van der Waals surface area contributed by atoms with E-state index < -0.39 is 41.4 Å². The van der Waals surface area contributed by atoms with Gasteiger partial charge in [0.2, 0.25) is 11.8 Å². The van der Waals surface area contributed by atoms with Gasteiger partial charge in [-0.15, -0.1) is 0 Å². The highest BCUT2D eigenvalue weighted by Gasteiger charge is 2.45. The van der Waals surface area contributed by atoms with Crippen LogP contribution < -0.4 is 26.2 Å². The molecule has 4 N–H and O–H groups in total. The molecular formula is C45H53FN10O6. The first-order chi connectivity index (χ1) is 29.8. The Kier molecular flexibility index (Phi) is 10.9. The predicted molar refractivity (Wildman–Crippen MR) is 229 cm³/mol. The Morgan fingerprint density at radius 3 is 2.35 bits per heavy atom. The molecule has 3 aromatic rings. The number of nitrogens with two attached hydrogens (primary N) is 1. The van der Waals surface area contributed by atoms with Gasteiger partial charge in [0.1, 0.15) is 11.9 Å². The number of anilines is 4. The number of primary amides is 1. The van der Waals surface area contributed by atoms with E-state index >= 15 is 4.39 Å². The van der Waals surface area contributed by atoms with E-state index in [0.717, 1.165) is 81.5 Å². The summed E-state index contributed by atoms with van der Waals surface area (Å²) in [6, 6.07) is 13.5. The zero-order valence-electron chi connectivity index (χ0n) is 35.2. The van der Waals surface area contributed by atoms with E-state index in [-0.39, 0.29) is 53.1 Å². The molecule has 16 nitrogen and oxygen atoms in total. The second kappa shape index (κ2) is 16.3. The standard InChI is InChI=1S/C45H53FN10O6/c1-45(28-5-7-29(8-6-28)48-39-34(38(47)58)23-35(46)40(50-39)54-16-3-4-31(26-54)55-21-20-51(2)44(55)62)14-18-52(19-15-45)24-27-13-17-53(25-27)30-9-10-32-33(22-30)43(61)56(42(32)60)36-11-12-37(57)49-41(36)59/h5-10,22-23,27,31,36H,3-4,11-21,24-26H2,1-2H3,(H2,47,58)(H,48,50)(H,49,57,59). The molecule has 7 heterocycles. The number of likely N-dealkylation sites (tertiary alicyclic amines) is 1. The summed E-state index contributed by atoms with van der Waals surface area (Å²) in [6.45, 7) is 9.14. The Labute approximate surface area is 359 Å². The van der Waals surface area contributed by atoms with Gasteiger partial charge in [-0.2, -0.15) is 0 Å². The molecule has 9 rings (SSSR count). The lowest BCUT2D eigenvalue weighted by Gasteiger charge is -2.40. The van der Waals surface area contributed by atoms with Crippen molar-refractivity contribution >= 4 is 58.6 Å². The van der Waals surface area contributed by atoms with Crippen molar-refractivity contribution < 1.29 is 33.2 Å². The number of hydrogen-bond acceptors (Lipinski definition) is 11. The summed E-state index contributed by atoms with van der Waals surface area (Å²) in [7, 11) is 1.79. The fourth-order valence-corrected chi connectivity index (χ4v) is 10.2. The van der Waals surface area contributed by atoms with E-state index in [9.17, 15) is 28.8 Å². The van der Waals surface area contributed by atoms with Crippen molar-refractivity contribution in [2.75, 3.05) is 81.1 Å². The molecule has 62 heavy (non-hydrogen) atoms. The van der Waals surface area contributed by atoms with Crippen LogP contribution in [0, 0.1) is 11.7 Å². The van der Waals surface area contributed by atoms with Crippen LogP contribution in [0.25, 0.3) is 0 Å². The molecule has 0 bridgehead atoms. The number of halogens is 1. The number of fused-ring (bicyclic) bond motifs is 1. The van der Waals surface area contributed by atoms with Crippen LogP contribution in [0.3, 0.4) is 0 Å². The number of nitrogens with zero attached hydrogens (tertiary/aromatic N) is 7. The molecule has 6 aliphatic heterocycles. The number of amides is 7. The number of nitrogens with one attached hydrogen (secondary N) is 2. The van der Waals surface area contributed by atoms with Gasteiger partial charge in [0.25, 0.3) is 17.7 Å². The number of rotatable bonds is 10. The first kappa shape index (κ1) is 41.3. The Hall–Kier alpha value is -6.10. The highest BCUT2D eigenvalue weighted by Crippen LogP contribution is 2.38. The van der Waals surface area contributed by atoms with Gasteiger partial charge in [0, 0.05) is 70.7 Å². The largest absolute Gasteiger partial charge is 0.371 e. The van der Waals surface area contributed by atoms with Crippen LogP contribution in [0.5, 0.6) is 0 Å². The number of carbonyl (C=O) groups is 6. The molecule has 0 aliphatic carbocycles. The molecule has 0 saturated carbocycles. The molecule has 7 amide bonds. The maximum Gasteiger partial charge on any atom is 0.320 e. The first-order valence-corrected chi connectivity index (χ1v) is 21.7. The van der Waals surface area contributed by atoms with Gasteiger partial charge < -0.3 is 35.6 Å². The van der Waals surface area contributed by atoms with Crippen LogP contribution in [0.4, 0.5) is 32.2 Å². The number of aromatic nitrogens is 1. The average molecular weight is 849 g/mol. The van der Waals surface area contributed by atoms with Crippen molar-refractivity contribution in [2.45, 2.75) is 69.4 Å². The van der Waals surface area contributed by atoms with E-state index in [2.05, 4.69) is 44.5 Å². The molecule has 0 spiro atoms. The summed E-state index contributed by atoms with van der Waals surface area (Å²) in [5, 5.41) is 5.48. The Balaban J connectivity index is 0.796. The maximum absolute atomic E-state index is 15.6. The van der Waals surface area contributed by atoms with E-state index in [4.69, 9.17) is 5.73 Å². The van der Waals surface area contributed by atoms with Crippen LogP contribution in [-0.2, 0) is 15.0 Å². The minimum atomic E-state index is -0.988. The number of benzene rings is 2. The lowest BCUT2D eigenvalue weighted by atomic mass is 9.74. The van der Waals surface area contributed by atoms with E-state index in [1.165, 1.54) is 5.56 Å². The van der Waals surface area contributed by atoms with Crippen molar-refractivity contribution in [1.29, 1.82) is 0 Å². The van der Waals surface area contributed by atoms with Gasteiger partial charge in [-0.05, 0) is 105 Å². The normalized spacial score (nSPS) is 24.3. The van der Waals surface area contributed by atoms with Gasteiger partial charge in [-0.1, -0.05) is 19.1 Å². The third kappa shape index (κ3) is 7.71. The van der Waals surface area contributed by atoms with Gasteiger partial charge in [0.05, 0.1) is 22.7 Å². The van der Waals surface area contributed by atoms with Crippen LogP contribution >= 0.6 is 0 Å². The summed E-state index contributed by atoms with van der Waals surface area (Å²) in [4.78, 5) is 91.7. The van der Waals surface area contributed by atoms with E-state index in [1.54, 1.807) is 24.1 Å². The molecule has 17 heteroatoms. The van der Waals surface area contributed by atoms with Crippen molar-refractivity contribution in [2.24, 2.45) is 11.7 Å². The predicted octanol–water partition coefficient (Wildman–Crippen LogP) is 3.68. The third-order valence-electron chi connectivity index (χ3n) is 14.0. The first-order valence-electron chi connectivity index (χ1n) is 21.7. The SMILES string of the molecule is CN1CCN(C2CCCN(c3nc(Nc4ccc(C5(C)CCN(CC6CCN(c7ccc8c(c7)C(=O)N(C7CCC(=O)NC7=O)C8=O)C6)CC5)cc4)c(C(N)=O)cc3F)C2)C1=O. The topological polar surface area (TPSA) is 185 Å². The summed E-state index contributed by atoms with van der Waals surface area (Å²) in [6.07, 6.45) is 4.77. The van der Waals surface area contributed by atoms with E-state index in [1.807, 2.05) is 28.0 Å². The molecular weight excluding hydrogens is 796 g/mol. The molecule has 2 aromatic carbocycles. The monoisotopic (exact) mass is 848 g/mol. The van der Waals surface area contributed by atoms with Crippen LogP contribution in [0.15, 0.2) is 48.5 Å². The Bertz CT molecular complexity index is 2330. The van der Waals surface area contributed by atoms with Gasteiger partial charge in [-0.25, -0.2) is 14.2 Å². The summed E-state index contributed by atoms with van der Waals surface area (Å²) < 4.78 is 15.6. The number of urea groups is 1. The maximum atomic E-state index is 15.6. The second-order valence-electron chi connectivity index (χ2n) is 18.0. The van der Waals surface area contributed by atoms with Gasteiger partial charge in [0.15, 0.2) is 11.6 Å². The third-order valence-corrected chi connectivity index (χ3v) is 14.0. The molecule has 0 radical (unpaired) electrons. The zero-order valence-corrected chi connectivity index (χ0v) is 35.2. The number of likely N-dealkylation sites (N-methyl/N-ethyl adjacent to an activating group) is 1. The number of carbonyl (C=O) groups excluding carboxylic acids is 6. The Morgan fingerprint density at radius 2 is 1.65 bits per heavy atom. The smallest absolute Gasteiger partial charge is 0.320 e. The number of imide groups is 2. The summed E-state index contributed by atoms with van der Waals surface area (Å²) in [5.41, 5.74) is 8.98. The van der Waals surface area contributed by atoms with Crippen molar-refractivity contribution in [3.8, 4) is 0 Å². The Morgan fingerprint density at radius 1 is 0.887 bits per heavy atom. The fourth-order valence-electron chi connectivity index (χ4n) is 10.2. The summed E-state index contributed by atoms with van der Waals surface area (Å²) in [5.74, 6) is -2.69. The van der Waals surface area contributed by atoms with E-state index in [0.29, 0.717) is 43.3 Å². The highest BCUT2D eigenvalue weighted by molar-refractivity contribution is 6.23. The fraction of sp³-hybridized carbons (Fsp3) is 0.489. The van der Waals surface area contributed by atoms with Crippen LogP contribution in [0.2, 0.25) is 0 Å². The van der Waals surface area contributed by atoms with Crippen LogP contribution in [-0.4, -0.2) is 138 Å². The van der Waals surface area contributed by atoms with Crippen LogP contribution in [0.1, 0.15) is 88.5 Å². The number of hydrogen-bond donors (Lipinski definition) is 3. The molecule has 5 saturated heterocycles. The van der Waals surface area contributed by atoms with Gasteiger partial charge >= 0.3 is 6.03 Å². The lowest BCUT2D eigenvalue weighted by Crippen LogP contribution is -2.54.